The SMILES string of the molecule is COC(=O)c1ccc(OCc2ccccc2)c(OCCC(F)(F)F)c1. The molecule has 0 amide bonds. The molecule has 0 aliphatic carbocycles. The molecule has 0 radical (unpaired) electrons. The second-order valence-corrected chi connectivity index (χ2v) is 5.14. The average Bonchev–Trinajstić information content (AvgIpc) is 2.59. The molecule has 0 saturated heterocycles. The molecule has 0 heterocycles. The van der Waals surface area contributed by atoms with E-state index in [0.717, 1.165) is 5.56 Å². The minimum atomic E-state index is -4.33. The van der Waals surface area contributed by atoms with Gasteiger partial charge in [0.1, 0.15) is 6.61 Å². The zero-order chi connectivity index (χ0) is 18.3. The summed E-state index contributed by atoms with van der Waals surface area (Å²) in [6, 6.07) is 13.5. The Labute approximate surface area is 143 Å². The van der Waals surface area contributed by atoms with E-state index in [2.05, 4.69) is 4.74 Å². The predicted molar refractivity (Wildman–Crippen MR) is 84.7 cm³/mol. The Hall–Kier alpha value is -2.70. The average molecular weight is 354 g/mol. The van der Waals surface area contributed by atoms with E-state index in [1.807, 2.05) is 30.3 Å². The number of alkyl halides is 3. The van der Waals surface area contributed by atoms with Gasteiger partial charge in [0.15, 0.2) is 11.5 Å². The molecule has 0 unspecified atom stereocenters. The fourth-order valence-corrected chi connectivity index (χ4v) is 2.00. The van der Waals surface area contributed by atoms with Crippen LogP contribution in [0.25, 0.3) is 0 Å². The molecule has 0 spiro atoms. The van der Waals surface area contributed by atoms with Gasteiger partial charge in [-0.05, 0) is 23.8 Å². The van der Waals surface area contributed by atoms with Gasteiger partial charge < -0.3 is 14.2 Å². The second-order valence-electron chi connectivity index (χ2n) is 5.14. The molecule has 134 valence electrons. The van der Waals surface area contributed by atoms with Crippen LogP contribution in [-0.4, -0.2) is 25.9 Å². The molecular formula is C18H17F3O4. The highest BCUT2D eigenvalue weighted by Gasteiger charge is 2.27. The van der Waals surface area contributed by atoms with Crippen LogP contribution in [0, 0.1) is 0 Å². The Bertz CT molecular complexity index is 699. The third kappa shape index (κ3) is 6.02. The van der Waals surface area contributed by atoms with Crippen LogP contribution in [0.5, 0.6) is 11.5 Å². The molecule has 2 aromatic carbocycles. The Balaban J connectivity index is 2.13. The van der Waals surface area contributed by atoms with Gasteiger partial charge in [0.2, 0.25) is 0 Å². The summed E-state index contributed by atoms with van der Waals surface area (Å²) >= 11 is 0. The van der Waals surface area contributed by atoms with Crippen molar-refractivity contribution in [2.24, 2.45) is 0 Å². The molecule has 0 saturated carbocycles. The number of hydrogen-bond acceptors (Lipinski definition) is 4. The summed E-state index contributed by atoms with van der Waals surface area (Å²) in [6.45, 7) is -0.357. The van der Waals surface area contributed by atoms with Crippen molar-refractivity contribution in [3.8, 4) is 11.5 Å². The van der Waals surface area contributed by atoms with Crippen molar-refractivity contribution < 1.29 is 32.2 Å². The highest BCUT2D eigenvalue weighted by atomic mass is 19.4. The second kappa shape index (κ2) is 8.41. The standard InChI is InChI=1S/C18H17F3O4/c1-23-17(22)14-7-8-15(25-12-13-5-3-2-4-6-13)16(11-14)24-10-9-18(19,20)21/h2-8,11H,9-10,12H2,1H3. The minimum absolute atomic E-state index is 0.0584. The van der Waals surface area contributed by atoms with E-state index in [9.17, 15) is 18.0 Å². The number of ether oxygens (including phenoxy) is 3. The van der Waals surface area contributed by atoms with Crippen LogP contribution in [0.15, 0.2) is 48.5 Å². The van der Waals surface area contributed by atoms with Crippen molar-refractivity contribution in [3.63, 3.8) is 0 Å². The normalized spacial score (nSPS) is 11.0. The first-order valence-corrected chi connectivity index (χ1v) is 7.47. The largest absolute Gasteiger partial charge is 0.489 e. The Morgan fingerprint density at radius 2 is 1.72 bits per heavy atom. The number of esters is 1. The molecule has 4 nitrogen and oxygen atoms in total. The molecule has 0 fully saturated rings. The van der Waals surface area contributed by atoms with Gasteiger partial charge in [-0.1, -0.05) is 30.3 Å². The highest BCUT2D eigenvalue weighted by molar-refractivity contribution is 5.90. The Morgan fingerprint density at radius 3 is 2.36 bits per heavy atom. The number of halogens is 3. The number of carbonyl (C=O) groups excluding carboxylic acids is 1. The number of rotatable bonds is 7. The summed E-state index contributed by atoms with van der Waals surface area (Å²) in [7, 11) is 1.21. The lowest BCUT2D eigenvalue weighted by molar-refractivity contribution is -0.139. The van der Waals surface area contributed by atoms with Crippen LogP contribution in [0.4, 0.5) is 13.2 Å². The minimum Gasteiger partial charge on any atom is -0.489 e. The quantitative estimate of drug-likeness (QED) is 0.692. The molecule has 0 aromatic heterocycles. The van der Waals surface area contributed by atoms with Crippen LogP contribution in [-0.2, 0) is 11.3 Å². The van der Waals surface area contributed by atoms with E-state index >= 15 is 0 Å². The fraction of sp³-hybridized carbons (Fsp3) is 0.278. The van der Waals surface area contributed by atoms with Crippen molar-refractivity contribution in [1.29, 1.82) is 0 Å². The topological polar surface area (TPSA) is 44.8 Å². The predicted octanol–water partition coefficient (Wildman–Crippen LogP) is 4.38. The number of methoxy groups -OCH3 is 1. The third-order valence-electron chi connectivity index (χ3n) is 3.25. The molecule has 0 atom stereocenters. The Kier molecular flexibility index (Phi) is 6.27. The number of benzene rings is 2. The van der Waals surface area contributed by atoms with E-state index in [1.54, 1.807) is 0 Å². The number of hydrogen-bond donors (Lipinski definition) is 0. The van der Waals surface area contributed by atoms with E-state index in [1.165, 1.54) is 25.3 Å². The lowest BCUT2D eigenvalue weighted by Gasteiger charge is -2.14. The molecular weight excluding hydrogens is 337 g/mol. The number of carbonyl (C=O) groups is 1. The van der Waals surface area contributed by atoms with Crippen molar-refractivity contribution in [3.05, 3.63) is 59.7 Å². The van der Waals surface area contributed by atoms with Gasteiger partial charge in [0, 0.05) is 0 Å². The molecule has 0 bridgehead atoms. The van der Waals surface area contributed by atoms with E-state index in [0.29, 0.717) is 0 Å². The first-order chi connectivity index (χ1) is 11.9. The lowest BCUT2D eigenvalue weighted by atomic mass is 10.2. The monoisotopic (exact) mass is 354 g/mol. The van der Waals surface area contributed by atoms with Gasteiger partial charge >= 0.3 is 12.1 Å². The Morgan fingerprint density at radius 1 is 1.00 bits per heavy atom. The maximum atomic E-state index is 12.3. The van der Waals surface area contributed by atoms with Gasteiger partial charge in [-0.2, -0.15) is 13.2 Å². The van der Waals surface area contributed by atoms with Gasteiger partial charge in [-0.3, -0.25) is 0 Å². The van der Waals surface area contributed by atoms with E-state index in [4.69, 9.17) is 9.47 Å². The van der Waals surface area contributed by atoms with Gasteiger partial charge in [0.05, 0.1) is 25.7 Å². The van der Waals surface area contributed by atoms with Crippen LogP contribution in [0.3, 0.4) is 0 Å². The molecule has 0 aliphatic heterocycles. The van der Waals surface area contributed by atoms with Gasteiger partial charge in [-0.25, -0.2) is 4.79 Å². The van der Waals surface area contributed by atoms with Gasteiger partial charge in [0.25, 0.3) is 0 Å². The molecule has 7 heteroatoms. The zero-order valence-corrected chi connectivity index (χ0v) is 13.5. The summed E-state index contributed by atoms with van der Waals surface area (Å²) in [6.07, 6.45) is -5.43. The maximum Gasteiger partial charge on any atom is 0.392 e. The molecule has 2 aromatic rings. The zero-order valence-electron chi connectivity index (χ0n) is 13.5. The summed E-state index contributed by atoms with van der Waals surface area (Å²) in [4.78, 5) is 11.6. The summed E-state index contributed by atoms with van der Waals surface area (Å²) in [5, 5.41) is 0. The van der Waals surface area contributed by atoms with Crippen molar-refractivity contribution in [1.82, 2.24) is 0 Å². The molecule has 0 N–H and O–H groups in total. The van der Waals surface area contributed by atoms with Crippen LogP contribution in [0.2, 0.25) is 0 Å². The highest BCUT2D eigenvalue weighted by Crippen LogP contribution is 2.30. The summed E-state index contributed by atoms with van der Waals surface area (Å²) in [5.74, 6) is -0.308. The molecule has 2 rings (SSSR count). The lowest BCUT2D eigenvalue weighted by Crippen LogP contribution is -2.13. The van der Waals surface area contributed by atoms with Gasteiger partial charge in [-0.15, -0.1) is 0 Å². The van der Waals surface area contributed by atoms with E-state index in [-0.39, 0.29) is 23.7 Å². The summed E-state index contributed by atoms with van der Waals surface area (Å²) in [5.41, 5.74) is 1.05. The first-order valence-electron chi connectivity index (χ1n) is 7.47. The third-order valence-corrected chi connectivity index (χ3v) is 3.25. The first kappa shape index (κ1) is 18.6. The van der Waals surface area contributed by atoms with Crippen molar-refractivity contribution >= 4 is 5.97 Å². The molecule has 0 aliphatic rings. The van der Waals surface area contributed by atoms with Crippen LogP contribution < -0.4 is 9.47 Å². The van der Waals surface area contributed by atoms with Crippen LogP contribution in [0.1, 0.15) is 22.3 Å². The van der Waals surface area contributed by atoms with Crippen LogP contribution >= 0.6 is 0 Å². The smallest absolute Gasteiger partial charge is 0.392 e. The van der Waals surface area contributed by atoms with E-state index < -0.39 is 25.2 Å². The summed E-state index contributed by atoms with van der Waals surface area (Å²) < 4.78 is 52.3. The maximum absolute atomic E-state index is 12.3. The fourth-order valence-electron chi connectivity index (χ4n) is 2.00. The van der Waals surface area contributed by atoms with Crippen molar-refractivity contribution in [2.75, 3.05) is 13.7 Å². The molecule has 25 heavy (non-hydrogen) atoms. The van der Waals surface area contributed by atoms with Crippen molar-refractivity contribution in [2.45, 2.75) is 19.2 Å².